The van der Waals surface area contributed by atoms with Crippen molar-refractivity contribution < 1.29 is 4.79 Å². The number of aromatic nitrogens is 2. The van der Waals surface area contributed by atoms with Gasteiger partial charge in [-0.15, -0.1) is 0 Å². The average Bonchev–Trinajstić information content (AvgIpc) is 3.06. The van der Waals surface area contributed by atoms with Gasteiger partial charge in [-0.2, -0.15) is 0 Å². The third-order valence-corrected chi connectivity index (χ3v) is 5.24. The second-order valence-electron chi connectivity index (χ2n) is 6.19. The summed E-state index contributed by atoms with van der Waals surface area (Å²) in [7, 11) is 0. The summed E-state index contributed by atoms with van der Waals surface area (Å²) in [6.45, 7) is 4.25. The van der Waals surface area contributed by atoms with Gasteiger partial charge in [0, 0.05) is 23.4 Å². The average molecular weight is 353 g/mol. The van der Waals surface area contributed by atoms with Crippen molar-refractivity contribution in [3.8, 4) is 10.6 Å². The standard InChI is InChI=1S/C20H23N3OS/c1-3-6-14(7-4-2)18(24)22-16-11-9-15(10-12-16)19-23-17-8-5-13-21-20(17)25-19/h5,8-14H,3-4,6-7H2,1-2H3,(H,22,24). The van der Waals surface area contributed by atoms with E-state index in [9.17, 15) is 4.79 Å². The largest absolute Gasteiger partial charge is 0.326 e. The van der Waals surface area contributed by atoms with Crippen LogP contribution in [-0.4, -0.2) is 15.9 Å². The molecular weight excluding hydrogens is 330 g/mol. The maximum absolute atomic E-state index is 12.4. The molecular formula is C20H23N3OS. The molecule has 4 nitrogen and oxygen atoms in total. The minimum atomic E-state index is 0.102. The molecule has 0 saturated carbocycles. The molecule has 2 heterocycles. The summed E-state index contributed by atoms with van der Waals surface area (Å²) in [6.07, 6.45) is 5.73. The lowest BCUT2D eigenvalue weighted by Gasteiger charge is -2.15. The number of thiazole rings is 1. The number of pyridine rings is 1. The van der Waals surface area contributed by atoms with E-state index in [0.717, 1.165) is 52.3 Å². The molecule has 0 fully saturated rings. The molecule has 0 aliphatic rings. The molecule has 3 rings (SSSR count). The van der Waals surface area contributed by atoms with Gasteiger partial charge in [0.05, 0.1) is 0 Å². The number of hydrogen-bond donors (Lipinski definition) is 1. The van der Waals surface area contributed by atoms with Crippen molar-refractivity contribution in [3.05, 3.63) is 42.6 Å². The summed E-state index contributed by atoms with van der Waals surface area (Å²) in [5.74, 6) is 0.227. The fourth-order valence-electron chi connectivity index (χ4n) is 2.94. The van der Waals surface area contributed by atoms with Crippen molar-refractivity contribution in [3.63, 3.8) is 0 Å². The molecule has 3 aromatic rings. The van der Waals surface area contributed by atoms with Gasteiger partial charge in [-0.1, -0.05) is 38.0 Å². The molecule has 0 radical (unpaired) electrons. The molecule has 0 unspecified atom stereocenters. The normalized spacial score (nSPS) is 11.2. The van der Waals surface area contributed by atoms with E-state index in [0.29, 0.717) is 0 Å². The van der Waals surface area contributed by atoms with Crippen molar-refractivity contribution in [1.82, 2.24) is 9.97 Å². The first-order chi connectivity index (χ1) is 12.2. The maximum atomic E-state index is 12.4. The van der Waals surface area contributed by atoms with Crippen LogP contribution in [0, 0.1) is 5.92 Å². The number of rotatable bonds is 7. The fourth-order valence-corrected chi connectivity index (χ4v) is 3.85. The summed E-state index contributed by atoms with van der Waals surface area (Å²) in [5.41, 5.74) is 2.80. The monoisotopic (exact) mass is 353 g/mol. The van der Waals surface area contributed by atoms with Gasteiger partial charge < -0.3 is 5.32 Å². The molecule has 0 aliphatic carbocycles. The number of carbonyl (C=O) groups is 1. The minimum Gasteiger partial charge on any atom is -0.326 e. The molecule has 0 saturated heterocycles. The second-order valence-corrected chi connectivity index (χ2v) is 7.17. The second kappa shape index (κ2) is 8.21. The smallest absolute Gasteiger partial charge is 0.227 e. The Morgan fingerprint density at radius 2 is 1.84 bits per heavy atom. The molecule has 130 valence electrons. The van der Waals surface area contributed by atoms with Crippen LogP contribution in [0.4, 0.5) is 5.69 Å². The van der Waals surface area contributed by atoms with Crippen molar-refractivity contribution in [1.29, 1.82) is 0 Å². The van der Waals surface area contributed by atoms with E-state index in [1.54, 1.807) is 17.5 Å². The molecule has 1 aromatic carbocycles. The van der Waals surface area contributed by atoms with Crippen molar-refractivity contribution >= 4 is 33.3 Å². The fraction of sp³-hybridized carbons (Fsp3) is 0.350. The summed E-state index contributed by atoms with van der Waals surface area (Å²) in [6, 6.07) is 11.8. The Hall–Kier alpha value is -2.27. The zero-order valence-corrected chi connectivity index (χ0v) is 15.5. The van der Waals surface area contributed by atoms with Crippen LogP contribution in [-0.2, 0) is 4.79 Å². The number of amides is 1. The van der Waals surface area contributed by atoms with E-state index < -0.39 is 0 Å². The van der Waals surface area contributed by atoms with E-state index in [-0.39, 0.29) is 11.8 Å². The quantitative estimate of drug-likeness (QED) is 0.609. The number of nitrogens with zero attached hydrogens (tertiary/aromatic N) is 2. The van der Waals surface area contributed by atoms with Gasteiger partial charge in [0.1, 0.15) is 15.4 Å². The van der Waals surface area contributed by atoms with Crippen LogP contribution in [0.1, 0.15) is 39.5 Å². The van der Waals surface area contributed by atoms with E-state index in [1.165, 1.54) is 0 Å². The number of nitrogens with one attached hydrogen (secondary N) is 1. The third-order valence-electron chi connectivity index (χ3n) is 4.21. The van der Waals surface area contributed by atoms with Crippen LogP contribution in [0.5, 0.6) is 0 Å². The van der Waals surface area contributed by atoms with Crippen LogP contribution in [0.25, 0.3) is 20.9 Å². The first-order valence-electron chi connectivity index (χ1n) is 8.84. The van der Waals surface area contributed by atoms with Gasteiger partial charge in [0.2, 0.25) is 5.91 Å². The Morgan fingerprint density at radius 3 is 2.48 bits per heavy atom. The molecule has 25 heavy (non-hydrogen) atoms. The van der Waals surface area contributed by atoms with E-state index in [1.807, 2.05) is 36.4 Å². The number of carbonyl (C=O) groups excluding carboxylic acids is 1. The molecule has 0 atom stereocenters. The third kappa shape index (κ3) is 4.23. The minimum absolute atomic E-state index is 0.102. The highest BCUT2D eigenvalue weighted by Crippen LogP contribution is 2.29. The van der Waals surface area contributed by atoms with E-state index >= 15 is 0 Å². The topological polar surface area (TPSA) is 54.9 Å². The van der Waals surface area contributed by atoms with Crippen LogP contribution >= 0.6 is 11.3 Å². The van der Waals surface area contributed by atoms with Crippen LogP contribution in [0.3, 0.4) is 0 Å². The first-order valence-corrected chi connectivity index (χ1v) is 9.65. The molecule has 0 bridgehead atoms. The Labute approximate surface area is 152 Å². The first kappa shape index (κ1) is 17.5. The molecule has 1 amide bonds. The lowest BCUT2D eigenvalue weighted by molar-refractivity contribution is -0.120. The number of benzene rings is 1. The lowest BCUT2D eigenvalue weighted by Crippen LogP contribution is -2.22. The predicted molar refractivity (Wildman–Crippen MR) is 105 cm³/mol. The molecule has 0 aliphatic heterocycles. The Kier molecular flexibility index (Phi) is 5.76. The summed E-state index contributed by atoms with van der Waals surface area (Å²) >= 11 is 1.58. The highest BCUT2D eigenvalue weighted by Gasteiger charge is 2.16. The molecule has 5 heteroatoms. The Balaban J connectivity index is 1.72. The summed E-state index contributed by atoms with van der Waals surface area (Å²) < 4.78 is 0. The number of fused-ring (bicyclic) bond motifs is 1. The summed E-state index contributed by atoms with van der Waals surface area (Å²) in [4.78, 5) is 22.3. The highest BCUT2D eigenvalue weighted by atomic mass is 32.1. The zero-order chi connectivity index (χ0) is 17.6. The van der Waals surface area contributed by atoms with Gasteiger partial charge in [-0.3, -0.25) is 4.79 Å². The van der Waals surface area contributed by atoms with Crippen LogP contribution in [0.15, 0.2) is 42.6 Å². The van der Waals surface area contributed by atoms with Crippen molar-refractivity contribution in [2.45, 2.75) is 39.5 Å². The van der Waals surface area contributed by atoms with Gasteiger partial charge in [-0.25, -0.2) is 9.97 Å². The molecule has 1 N–H and O–H groups in total. The van der Waals surface area contributed by atoms with E-state index in [4.69, 9.17) is 0 Å². The van der Waals surface area contributed by atoms with Gasteiger partial charge in [0.25, 0.3) is 0 Å². The number of hydrogen-bond acceptors (Lipinski definition) is 4. The van der Waals surface area contributed by atoms with Crippen molar-refractivity contribution in [2.75, 3.05) is 5.32 Å². The van der Waals surface area contributed by atoms with Gasteiger partial charge in [-0.05, 0) is 49.2 Å². The highest BCUT2D eigenvalue weighted by molar-refractivity contribution is 7.21. The SMILES string of the molecule is CCCC(CCC)C(=O)Nc1ccc(-c2nc3cccnc3s2)cc1. The lowest BCUT2D eigenvalue weighted by atomic mass is 9.97. The summed E-state index contributed by atoms with van der Waals surface area (Å²) in [5, 5.41) is 3.99. The van der Waals surface area contributed by atoms with Gasteiger partial charge in [0.15, 0.2) is 0 Å². The molecule has 0 spiro atoms. The zero-order valence-electron chi connectivity index (χ0n) is 14.7. The Morgan fingerprint density at radius 1 is 1.12 bits per heavy atom. The predicted octanol–water partition coefficient (Wildman–Crippen LogP) is 5.51. The van der Waals surface area contributed by atoms with Crippen LogP contribution < -0.4 is 5.32 Å². The van der Waals surface area contributed by atoms with Crippen molar-refractivity contribution in [2.24, 2.45) is 5.92 Å². The molecule has 2 aromatic heterocycles. The maximum Gasteiger partial charge on any atom is 0.227 e. The Bertz CT molecular complexity index is 803. The number of anilines is 1. The van der Waals surface area contributed by atoms with Gasteiger partial charge >= 0.3 is 0 Å². The van der Waals surface area contributed by atoms with Crippen LogP contribution in [0.2, 0.25) is 0 Å². The van der Waals surface area contributed by atoms with E-state index in [2.05, 4.69) is 29.1 Å².